The fourth-order valence-electron chi connectivity index (χ4n) is 1.93. The van der Waals surface area contributed by atoms with Gasteiger partial charge in [0.25, 0.3) is 0 Å². The average Bonchev–Trinajstić information content (AvgIpc) is 2.55. The van der Waals surface area contributed by atoms with Gasteiger partial charge in [-0.15, -0.1) is 24.0 Å². The molecule has 0 heterocycles. The number of rotatable bonds is 8. The third-order valence-electron chi connectivity index (χ3n) is 3.61. The molecule has 6 nitrogen and oxygen atoms in total. The molecule has 0 spiro atoms. The normalized spacial score (nSPS) is 11.0. The topological polar surface area (TPSA) is 57.2 Å². The summed E-state index contributed by atoms with van der Waals surface area (Å²) in [5.74, 6) is 2.05. The van der Waals surface area contributed by atoms with Crippen molar-refractivity contribution in [3.05, 3.63) is 29.8 Å². The zero-order valence-electron chi connectivity index (χ0n) is 16.8. The third kappa shape index (κ3) is 9.84. The second kappa shape index (κ2) is 12.8. The van der Waals surface area contributed by atoms with Crippen molar-refractivity contribution in [2.45, 2.75) is 20.8 Å². The maximum absolute atomic E-state index is 11.8. The summed E-state index contributed by atoms with van der Waals surface area (Å²) in [4.78, 5) is 19.8. The molecule has 148 valence electrons. The second-order valence-electron chi connectivity index (χ2n) is 6.79. The van der Waals surface area contributed by atoms with E-state index in [1.54, 1.807) is 19.0 Å². The molecule has 0 unspecified atom stereocenters. The van der Waals surface area contributed by atoms with E-state index in [1.165, 1.54) is 5.56 Å². The number of nitrogens with one attached hydrogen (secondary N) is 1. The molecule has 26 heavy (non-hydrogen) atoms. The Morgan fingerprint density at radius 2 is 1.81 bits per heavy atom. The highest BCUT2D eigenvalue weighted by Gasteiger charge is 2.09. The maximum Gasteiger partial charge on any atom is 0.243 e. The van der Waals surface area contributed by atoms with Crippen LogP contribution in [0.25, 0.3) is 0 Å². The molecule has 0 bridgehead atoms. The van der Waals surface area contributed by atoms with Crippen LogP contribution in [0.4, 0.5) is 0 Å². The van der Waals surface area contributed by atoms with Gasteiger partial charge in [0.1, 0.15) is 18.9 Å². The Bertz CT molecular complexity index is 559. The van der Waals surface area contributed by atoms with Crippen LogP contribution in [-0.2, 0) is 4.79 Å². The van der Waals surface area contributed by atoms with Crippen LogP contribution in [0.3, 0.4) is 0 Å². The highest BCUT2D eigenvalue weighted by Crippen LogP contribution is 2.11. The van der Waals surface area contributed by atoms with E-state index in [4.69, 9.17) is 4.74 Å². The van der Waals surface area contributed by atoms with Crippen LogP contribution < -0.4 is 10.1 Å². The number of hydrogen-bond donors (Lipinski definition) is 1. The first kappa shape index (κ1) is 24.5. The first-order valence-corrected chi connectivity index (χ1v) is 8.68. The van der Waals surface area contributed by atoms with Crippen molar-refractivity contribution in [2.24, 2.45) is 10.9 Å². The van der Waals surface area contributed by atoms with E-state index >= 15 is 0 Å². The number of carbonyl (C=O) groups excluding carboxylic acids is 1. The van der Waals surface area contributed by atoms with Crippen molar-refractivity contribution in [2.75, 3.05) is 47.4 Å². The Morgan fingerprint density at radius 1 is 1.19 bits per heavy atom. The van der Waals surface area contributed by atoms with E-state index in [0.29, 0.717) is 19.1 Å². The average molecular weight is 476 g/mol. The van der Waals surface area contributed by atoms with Gasteiger partial charge in [0.05, 0.1) is 6.54 Å². The summed E-state index contributed by atoms with van der Waals surface area (Å²) in [6.45, 7) is 8.48. The molecular weight excluding hydrogens is 443 g/mol. The van der Waals surface area contributed by atoms with Crippen molar-refractivity contribution in [1.29, 1.82) is 0 Å². The van der Waals surface area contributed by atoms with Crippen LogP contribution in [0.5, 0.6) is 5.75 Å². The number of hydrogen-bond acceptors (Lipinski definition) is 3. The number of carbonyl (C=O) groups is 1. The molecule has 0 aromatic heterocycles. The summed E-state index contributed by atoms with van der Waals surface area (Å²) in [5, 5.41) is 3.32. The third-order valence-corrected chi connectivity index (χ3v) is 3.61. The van der Waals surface area contributed by atoms with E-state index in [2.05, 4.69) is 31.1 Å². The van der Waals surface area contributed by atoms with Crippen LogP contribution >= 0.6 is 24.0 Å². The van der Waals surface area contributed by atoms with Crippen LogP contribution in [0.2, 0.25) is 0 Å². The second-order valence-corrected chi connectivity index (χ2v) is 6.79. The number of benzene rings is 1. The van der Waals surface area contributed by atoms with E-state index in [0.717, 1.165) is 18.3 Å². The molecule has 0 aliphatic carbocycles. The number of halogens is 1. The monoisotopic (exact) mass is 476 g/mol. The van der Waals surface area contributed by atoms with Gasteiger partial charge in [-0.1, -0.05) is 31.5 Å². The largest absolute Gasteiger partial charge is 0.492 e. The quantitative estimate of drug-likeness (QED) is 0.356. The Kier molecular flexibility index (Phi) is 12.0. The van der Waals surface area contributed by atoms with Crippen LogP contribution in [0.15, 0.2) is 29.3 Å². The maximum atomic E-state index is 11.8. The van der Waals surface area contributed by atoms with Gasteiger partial charge in [0, 0.05) is 27.7 Å². The lowest BCUT2D eigenvalue weighted by molar-refractivity contribution is -0.127. The molecule has 0 saturated heterocycles. The van der Waals surface area contributed by atoms with Gasteiger partial charge in [-0.2, -0.15) is 0 Å². The number of ether oxygens (including phenoxy) is 1. The van der Waals surface area contributed by atoms with Crippen LogP contribution in [0, 0.1) is 12.8 Å². The number of aliphatic imine (C=N–C) groups is 1. The summed E-state index contributed by atoms with van der Waals surface area (Å²) in [7, 11) is 5.42. The molecular formula is C19H33IN4O2. The summed E-state index contributed by atoms with van der Waals surface area (Å²) < 4.78 is 5.77. The van der Waals surface area contributed by atoms with E-state index in [9.17, 15) is 4.79 Å². The fraction of sp³-hybridized carbons (Fsp3) is 0.579. The number of aryl methyl sites for hydroxylation is 1. The Labute approximate surface area is 175 Å². The molecule has 0 saturated carbocycles. The van der Waals surface area contributed by atoms with Gasteiger partial charge >= 0.3 is 0 Å². The van der Waals surface area contributed by atoms with Crippen molar-refractivity contribution in [1.82, 2.24) is 15.1 Å². The zero-order chi connectivity index (χ0) is 18.8. The van der Waals surface area contributed by atoms with E-state index in [1.807, 2.05) is 36.2 Å². The first-order valence-electron chi connectivity index (χ1n) is 8.68. The molecule has 0 aliphatic heterocycles. The van der Waals surface area contributed by atoms with Crippen molar-refractivity contribution >= 4 is 35.8 Å². The predicted molar refractivity (Wildman–Crippen MR) is 119 cm³/mol. The van der Waals surface area contributed by atoms with E-state index < -0.39 is 0 Å². The van der Waals surface area contributed by atoms with Gasteiger partial charge in [0.2, 0.25) is 5.91 Å². The predicted octanol–water partition coefficient (Wildman–Crippen LogP) is 2.61. The Hall–Kier alpha value is -1.51. The van der Waals surface area contributed by atoms with Crippen LogP contribution in [0.1, 0.15) is 19.4 Å². The molecule has 0 radical (unpaired) electrons. The molecule has 0 aliphatic rings. The van der Waals surface area contributed by atoms with Gasteiger partial charge in [-0.3, -0.25) is 4.79 Å². The lowest BCUT2D eigenvalue weighted by Gasteiger charge is -2.23. The Balaban J connectivity index is 0.00000625. The summed E-state index contributed by atoms with van der Waals surface area (Å²) in [6, 6.07) is 8.00. The SMILES string of the molecule is Cc1ccc(OCCN(C)C(=NCC(=O)N(C)C)NCC(C)C)cc1.I. The standard InChI is InChI=1S/C19H32N4O2.HI/c1-15(2)13-20-19(21-14-18(24)22(4)5)23(6)11-12-25-17-9-7-16(3)8-10-17;/h7-10,15H,11-14H2,1-6H3,(H,20,21);1H. The van der Waals surface area contributed by atoms with Crippen molar-refractivity contribution in [3.8, 4) is 5.75 Å². The molecule has 1 aromatic rings. The number of amides is 1. The van der Waals surface area contributed by atoms with Gasteiger partial charge < -0.3 is 19.9 Å². The van der Waals surface area contributed by atoms with Gasteiger partial charge in [-0.25, -0.2) is 4.99 Å². The van der Waals surface area contributed by atoms with Crippen molar-refractivity contribution < 1.29 is 9.53 Å². The molecule has 1 rings (SSSR count). The Morgan fingerprint density at radius 3 is 2.35 bits per heavy atom. The molecule has 1 amide bonds. The van der Waals surface area contributed by atoms with E-state index in [-0.39, 0.29) is 36.4 Å². The number of likely N-dealkylation sites (N-methyl/N-ethyl adjacent to an activating group) is 2. The molecule has 1 N–H and O–H groups in total. The summed E-state index contributed by atoms with van der Waals surface area (Å²) >= 11 is 0. The molecule has 0 atom stereocenters. The van der Waals surface area contributed by atoms with Gasteiger partial charge in [-0.05, 0) is 25.0 Å². The minimum absolute atomic E-state index is 0. The lowest BCUT2D eigenvalue weighted by atomic mass is 10.2. The minimum atomic E-state index is -0.0202. The van der Waals surface area contributed by atoms with Crippen molar-refractivity contribution in [3.63, 3.8) is 0 Å². The highest BCUT2D eigenvalue weighted by atomic mass is 127. The smallest absolute Gasteiger partial charge is 0.243 e. The molecule has 7 heteroatoms. The highest BCUT2D eigenvalue weighted by molar-refractivity contribution is 14.0. The molecule has 0 fully saturated rings. The zero-order valence-corrected chi connectivity index (χ0v) is 19.1. The number of nitrogens with zero attached hydrogens (tertiary/aromatic N) is 3. The van der Waals surface area contributed by atoms with Crippen LogP contribution in [-0.4, -0.2) is 69.1 Å². The number of guanidine groups is 1. The molecule has 1 aromatic carbocycles. The fourth-order valence-corrected chi connectivity index (χ4v) is 1.93. The van der Waals surface area contributed by atoms with Gasteiger partial charge in [0.15, 0.2) is 5.96 Å². The summed E-state index contributed by atoms with van der Waals surface area (Å²) in [5.41, 5.74) is 1.21. The first-order chi connectivity index (χ1) is 11.8. The lowest BCUT2D eigenvalue weighted by Crippen LogP contribution is -2.43. The summed E-state index contributed by atoms with van der Waals surface area (Å²) in [6.07, 6.45) is 0. The minimum Gasteiger partial charge on any atom is -0.492 e.